The molecule has 2 aromatic carbocycles. The fourth-order valence-corrected chi connectivity index (χ4v) is 12.6. The van der Waals surface area contributed by atoms with Gasteiger partial charge in [0.2, 0.25) is 28.1 Å². The van der Waals surface area contributed by atoms with Crippen LogP contribution in [-0.4, -0.2) is 70.5 Å². The molecular formula is C64H92N33O5S2+3. The van der Waals surface area contributed by atoms with Gasteiger partial charge in [-0.1, -0.05) is 34.5 Å². The van der Waals surface area contributed by atoms with Crippen molar-refractivity contribution in [2.75, 3.05) is 28.7 Å². The summed E-state index contributed by atoms with van der Waals surface area (Å²) in [6.07, 6.45) is 7.23. The van der Waals surface area contributed by atoms with E-state index in [4.69, 9.17) is 28.7 Å². The number of para-hydroxylation sites is 4. The second-order valence-corrected chi connectivity index (χ2v) is 24.4. The normalized spacial score (nSPS) is 11.7. The van der Waals surface area contributed by atoms with Crippen LogP contribution in [0.1, 0.15) is 69.2 Å². The molecule has 10 aromatic heterocycles. The van der Waals surface area contributed by atoms with Gasteiger partial charge in [-0.25, -0.2) is 56.2 Å². The number of hydrogen-bond donors (Lipinski definition) is 5. The Kier molecular flexibility index (Phi) is 25.8. The predicted molar refractivity (Wildman–Crippen MR) is 402 cm³/mol. The molecule has 0 aliphatic carbocycles. The highest BCUT2D eigenvalue weighted by molar-refractivity contribution is 7.13. The Bertz CT molecular complexity index is 5400. The van der Waals surface area contributed by atoms with E-state index in [1.807, 2.05) is 211 Å². The summed E-state index contributed by atoms with van der Waals surface area (Å²) in [6.45, 7) is 24.9. The average molecular weight is 1470 g/mol. The second kappa shape index (κ2) is 34.5. The molecule has 0 spiro atoms. The van der Waals surface area contributed by atoms with Gasteiger partial charge in [0.1, 0.15) is 17.2 Å². The van der Waals surface area contributed by atoms with Crippen molar-refractivity contribution < 1.29 is 13.7 Å². The molecule has 12 rings (SSSR count). The second-order valence-electron chi connectivity index (χ2n) is 22.7. The van der Waals surface area contributed by atoms with E-state index in [9.17, 15) is 24.0 Å². The van der Waals surface area contributed by atoms with Crippen LogP contribution in [0.3, 0.4) is 0 Å². The summed E-state index contributed by atoms with van der Waals surface area (Å²) >= 11 is 2.80. The molecule has 104 heavy (non-hydrogen) atoms. The number of fused-ring (bicyclic) bond motifs is 2. The van der Waals surface area contributed by atoms with E-state index in [0.29, 0.717) is 123 Å². The molecular weight excluding hydrogens is 1380 g/mol. The summed E-state index contributed by atoms with van der Waals surface area (Å²) < 4.78 is 27.5. The van der Waals surface area contributed by atoms with Gasteiger partial charge in [0, 0.05) is 99.7 Å². The summed E-state index contributed by atoms with van der Waals surface area (Å²) in [5, 5.41) is 45.7. The van der Waals surface area contributed by atoms with Gasteiger partial charge in [-0.3, -0.25) is 47.4 Å². The van der Waals surface area contributed by atoms with Crippen LogP contribution in [0, 0.1) is 0 Å². The van der Waals surface area contributed by atoms with Crippen LogP contribution in [0.2, 0.25) is 0 Å². The highest BCUT2D eigenvalue weighted by Crippen LogP contribution is 2.28. The molecule has 0 atom stereocenters. The molecule has 40 heteroatoms. The minimum Gasteiger partial charge on any atom is -0.382 e. The van der Waals surface area contributed by atoms with Crippen molar-refractivity contribution in [3.8, 4) is 0 Å². The molecule has 0 unspecified atom stereocenters. The molecule has 0 aliphatic heterocycles. The number of imidazole rings is 3. The van der Waals surface area contributed by atoms with Crippen molar-refractivity contribution in [3.05, 3.63) is 136 Å². The minimum absolute atomic E-state index is 0.153. The van der Waals surface area contributed by atoms with E-state index in [2.05, 4.69) is 61.1 Å². The Morgan fingerprint density at radius 1 is 0.404 bits per heavy atom. The van der Waals surface area contributed by atoms with Crippen molar-refractivity contribution in [2.24, 2.45) is 93.4 Å². The van der Waals surface area contributed by atoms with Crippen molar-refractivity contribution in [1.82, 2.24) is 70.5 Å². The first kappa shape index (κ1) is 77.6. The monoisotopic (exact) mass is 1470 g/mol. The minimum atomic E-state index is -0.241. The quantitative estimate of drug-likeness (QED) is 0.0352. The van der Waals surface area contributed by atoms with Crippen LogP contribution in [-0.2, 0) is 108 Å². The Labute approximate surface area is 604 Å². The number of benzene rings is 2. The zero-order valence-electron chi connectivity index (χ0n) is 61.4. The van der Waals surface area contributed by atoms with Crippen molar-refractivity contribution in [1.29, 1.82) is 0 Å². The summed E-state index contributed by atoms with van der Waals surface area (Å²) in [7, 11) is 11.3. The number of nitrogens with zero attached hydrogens (tertiary/aromatic N) is 28. The molecule has 12 aromatic rings. The van der Waals surface area contributed by atoms with E-state index < -0.39 is 0 Å². The highest BCUT2D eigenvalue weighted by Gasteiger charge is 2.25. The summed E-state index contributed by atoms with van der Waals surface area (Å²) in [5.74, 6) is 3.41. The Hall–Kier alpha value is -12.1. The van der Waals surface area contributed by atoms with Gasteiger partial charge in [0.25, 0.3) is 27.8 Å². The van der Waals surface area contributed by atoms with Crippen molar-refractivity contribution in [2.45, 2.75) is 135 Å². The third kappa shape index (κ3) is 15.7. The number of nitrogen functional groups attached to an aromatic ring is 5. The number of aromatic nitrogens is 18. The van der Waals surface area contributed by atoms with Crippen LogP contribution in [0.5, 0.6) is 0 Å². The average Bonchev–Trinajstić information content (AvgIpc) is 1.62. The maximum atomic E-state index is 12.5. The summed E-state index contributed by atoms with van der Waals surface area (Å²) in [5.41, 5.74) is 33.6. The number of nitrogens with two attached hydrogens (primary N) is 5. The van der Waals surface area contributed by atoms with Gasteiger partial charge < -0.3 is 33.2 Å². The van der Waals surface area contributed by atoms with Crippen molar-refractivity contribution >= 4 is 130 Å². The molecule has 0 fully saturated rings. The number of rotatable bonds is 20. The Balaban J connectivity index is 0.000000165. The molecule has 0 saturated heterocycles. The molecule has 0 aliphatic rings. The van der Waals surface area contributed by atoms with E-state index in [-0.39, 0.29) is 56.2 Å². The van der Waals surface area contributed by atoms with Crippen molar-refractivity contribution in [3.63, 3.8) is 0 Å². The predicted octanol–water partition coefficient (Wildman–Crippen LogP) is 9.14. The Morgan fingerprint density at radius 3 is 1.14 bits per heavy atom. The fraction of sp³-hybridized carbons (Fsp3) is 0.406. The number of azo groups is 5. The van der Waals surface area contributed by atoms with E-state index in [0.717, 1.165) is 22.1 Å². The van der Waals surface area contributed by atoms with E-state index in [1.165, 1.54) is 22.7 Å². The molecule has 0 radical (unpaired) electrons. The smallest absolute Gasteiger partial charge is 0.382 e. The lowest BCUT2D eigenvalue weighted by molar-refractivity contribution is -0.657. The first-order valence-electron chi connectivity index (χ1n) is 33.6. The molecule has 552 valence electrons. The number of anilines is 5. The maximum Gasteiger partial charge on any atom is 0.422 e. The maximum absolute atomic E-state index is 12.5. The molecule has 0 amide bonds. The lowest BCUT2D eigenvalue weighted by Crippen LogP contribution is -2.26. The van der Waals surface area contributed by atoms with Gasteiger partial charge >= 0.3 is 17.0 Å². The van der Waals surface area contributed by atoms with Gasteiger partial charge in [-0.05, 0) is 110 Å². The van der Waals surface area contributed by atoms with Crippen LogP contribution >= 0.6 is 22.7 Å². The van der Waals surface area contributed by atoms with Crippen LogP contribution in [0.15, 0.2) is 159 Å². The van der Waals surface area contributed by atoms with Gasteiger partial charge in [-0.2, -0.15) is 0 Å². The summed E-state index contributed by atoms with van der Waals surface area (Å²) in [6, 6.07) is 15.7. The zero-order valence-corrected chi connectivity index (χ0v) is 63.1. The molecule has 38 nitrogen and oxygen atoms in total. The zero-order chi connectivity index (χ0) is 76.0. The largest absolute Gasteiger partial charge is 0.422 e. The Morgan fingerprint density at radius 2 is 0.788 bits per heavy atom. The van der Waals surface area contributed by atoms with E-state index in [1.54, 1.807) is 58.4 Å². The standard InChI is InChI=1S/C16H21N7O.C15H19N7O.C12H19N7O.C11H16N6OS.C10H14N6OS/c1-5-22-14(17)13(15(24)23(22)6-2)18-19-16-20(3)11-9-7-8-10-12(11)21(16)4;1-4-21-13(16)12(14(23)22(21)5-2)18-19-15-17-10-8-6-7-9-11(10)20(15)3;1-5-18-10(13)9(11(20)19(18)6-2)14-15-12-16(3)7-8-17(12)4;1-4-16-9(12)8(10(18)17(16)5-2)13-14-11-15(3)6-7-19-11;1-3-15-8(11)7(9(17)16(15)4-2)13-14-10-12-5-6-18-10/h7-10,17H,5-6H2,1-4H3;6-9H,4-5,16H2,1-3H3;7-8,13H,5-6H2,1-4H3;6-7,12H,4-5H2,1-3H3;5-6H,3-4,11H2,1-2H3/p+3. The van der Waals surface area contributed by atoms with Crippen LogP contribution < -0.4 is 70.2 Å². The number of hydrogen-bond acceptors (Lipinski definition) is 24. The fourth-order valence-electron chi connectivity index (χ4n) is 11.4. The molecule has 10 heterocycles. The lowest BCUT2D eigenvalue weighted by Gasteiger charge is -2.07. The van der Waals surface area contributed by atoms with Crippen LogP contribution in [0.4, 0.5) is 85.6 Å². The highest BCUT2D eigenvalue weighted by atomic mass is 32.1. The lowest BCUT2D eigenvalue weighted by atomic mass is 10.3. The molecule has 0 saturated carbocycles. The topological polar surface area (TPSA) is 441 Å². The third-order valence-electron chi connectivity index (χ3n) is 16.7. The molecule has 10 N–H and O–H groups in total. The van der Waals surface area contributed by atoms with Crippen LogP contribution in [0.25, 0.3) is 22.1 Å². The summed E-state index contributed by atoms with van der Waals surface area (Å²) in [4.78, 5) is 69.6. The number of aryl methyl sites for hydroxylation is 6. The van der Waals surface area contributed by atoms with Gasteiger partial charge in [0.15, 0.2) is 40.5 Å². The first-order chi connectivity index (χ1) is 49.9. The van der Waals surface area contributed by atoms with Gasteiger partial charge in [0.05, 0.1) is 63.8 Å². The third-order valence-corrected chi connectivity index (χ3v) is 18.2. The van der Waals surface area contributed by atoms with E-state index >= 15 is 0 Å². The number of thiazole rings is 2. The SMILES string of the molecule is CCn1c(N)c(N=Nc2n(C)c3ccccc3[n+]2C)c(=O)n1CC.CCn1c(N)c(N=Nc2n(C)cc[n+]2C)c(=O)n1CC.CCn1c(N)c(N=Nc2nc3ccccc3n2C)c(=O)n1CC.CCn1c(N)c(N=Nc2nccs2)c(=O)n1CC.CCn1c(N)c(N=Nc2scc[n+]2C)c(=O)n1CC. The first-order valence-corrected chi connectivity index (χ1v) is 35.4. The molecule has 0 bridgehead atoms. The van der Waals surface area contributed by atoms with Gasteiger partial charge in [-0.15, -0.1) is 31.8 Å².